The van der Waals surface area contributed by atoms with Crippen LogP contribution in [0.25, 0.3) is 0 Å². The zero-order valence-electron chi connectivity index (χ0n) is 8.99. The van der Waals surface area contributed by atoms with Gasteiger partial charge in [0.05, 0.1) is 5.69 Å². The first-order valence-corrected chi connectivity index (χ1v) is 5.33. The standard InChI is InChI=1S/C10H14F3N3/c1-6-8(5-7-3-2-4-14-7)16-9(15-6)10(11,12)13/h7,14H,2-5H2,1H3,(H,15,16). The number of aromatic amines is 1. The Bertz CT molecular complexity index is 364. The molecule has 1 saturated heterocycles. The van der Waals surface area contributed by atoms with Gasteiger partial charge in [-0.1, -0.05) is 0 Å². The lowest BCUT2D eigenvalue weighted by molar-refractivity contribution is -0.144. The highest BCUT2D eigenvalue weighted by Crippen LogP contribution is 2.28. The summed E-state index contributed by atoms with van der Waals surface area (Å²) in [7, 11) is 0. The second-order valence-corrected chi connectivity index (χ2v) is 4.15. The van der Waals surface area contributed by atoms with Gasteiger partial charge in [-0.2, -0.15) is 13.2 Å². The quantitative estimate of drug-likeness (QED) is 0.820. The Kier molecular flexibility index (Phi) is 2.92. The van der Waals surface area contributed by atoms with Crippen LogP contribution >= 0.6 is 0 Å². The Morgan fingerprint density at radius 1 is 1.44 bits per heavy atom. The lowest BCUT2D eigenvalue weighted by Crippen LogP contribution is -2.24. The Morgan fingerprint density at radius 3 is 2.69 bits per heavy atom. The van der Waals surface area contributed by atoms with Crippen molar-refractivity contribution in [1.29, 1.82) is 0 Å². The molecule has 2 heterocycles. The Labute approximate surface area is 91.5 Å². The number of alkyl halides is 3. The molecule has 0 saturated carbocycles. The SMILES string of the molecule is Cc1[nH]c(C(F)(F)F)nc1CC1CCCN1. The maximum absolute atomic E-state index is 12.4. The van der Waals surface area contributed by atoms with Gasteiger partial charge in [-0.25, -0.2) is 4.98 Å². The normalized spacial score (nSPS) is 21.6. The van der Waals surface area contributed by atoms with E-state index in [1.54, 1.807) is 6.92 Å². The highest BCUT2D eigenvalue weighted by atomic mass is 19.4. The molecule has 0 bridgehead atoms. The lowest BCUT2D eigenvalue weighted by Gasteiger charge is -2.07. The van der Waals surface area contributed by atoms with Crippen molar-refractivity contribution in [1.82, 2.24) is 15.3 Å². The van der Waals surface area contributed by atoms with Gasteiger partial charge in [-0.3, -0.25) is 0 Å². The molecule has 0 aromatic carbocycles. The molecule has 1 aromatic rings. The molecule has 3 nitrogen and oxygen atoms in total. The summed E-state index contributed by atoms with van der Waals surface area (Å²) in [6.07, 6.45) is -1.72. The second kappa shape index (κ2) is 4.08. The van der Waals surface area contributed by atoms with Crippen LogP contribution in [0.4, 0.5) is 13.2 Å². The smallest absolute Gasteiger partial charge is 0.338 e. The van der Waals surface area contributed by atoms with Crippen LogP contribution in [-0.4, -0.2) is 22.6 Å². The summed E-state index contributed by atoms with van der Waals surface area (Å²) in [6.45, 7) is 2.58. The number of imidazole rings is 1. The van der Waals surface area contributed by atoms with Crippen LogP contribution in [0.15, 0.2) is 0 Å². The molecule has 1 unspecified atom stereocenters. The van der Waals surface area contributed by atoms with E-state index < -0.39 is 12.0 Å². The lowest BCUT2D eigenvalue weighted by atomic mass is 10.1. The average molecular weight is 233 g/mol. The summed E-state index contributed by atoms with van der Waals surface area (Å²) in [5.41, 5.74) is 1.03. The summed E-state index contributed by atoms with van der Waals surface area (Å²) in [5, 5.41) is 3.25. The van der Waals surface area contributed by atoms with E-state index in [2.05, 4.69) is 15.3 Å². The van der Waals surface area contributed by atoms with E-state index >= 15 is 0 Å². The van der Waals surface area contributed by atoms with Gasteiger partial charge in [0.15, 0.2) is 0 Å². The topological polar surface area (TPSA) is 40.7 Å². The van der Waals surface area contributed by atoms with Crippen LogP contribution < -0.4 is 5.32 Å². The number of nitrogens with zero attached hydrogens (tertiary/aromatic N) is 1. The molecular formula is C10H14F3N3. The van der Waals surface area contributed by atoms with Gasteiger partial charge in [-0.05, 0) is 26.3 Å². The molecular weight excluding hydrogens is 219 g/mol. The zero-order chi connectivity index (χ0) is 11.8. The number of hydrogen-bond acceptors (Lipinski definition) is 2. The van der Waals surface area contributed by atoms with Crippen LogP contribution in [0.3, 0.4) is 0 Å². The van der Waals surface area contributed by atoms with Crippen molar-refractivity contribution >= 4 is 0 Å². The number of aromatic nitrogens is 2. The minimum atomic E-state index is -4.38. The third-order valence-corrected chi connectivity index (χ3v) is 2.86. The van der Waals surface area contributed by atoms with Crippen molar-refractivity contribution < 1.29 is 13.2 Å². The first-order chi connectivity index (χ1) is 7.47. The van der Waals surface area contributed by atoms with Gasteiger partial charge < -0.3 is 10.3 Å². The predicted octanol–water partition coefficient (Wildman–Crippen LogP) is 2.03. The van der Waals surface area contributed by atoms with Crippen molar-refractivity contribution in [2.75, 3.05) is 6.54 Å². The molecule has 6 heteroatoms. The van der Waals surface area contributed by atoms with Crippen molar-refractivity contribution in [3.05, 3.63) is 17.2 Å². The summed E-state index contributed by atoms with van der Waals surface area (Å²) < 4.78 is 37.2. The summed E-state index contributed by atoms with van der Waals surface area (Å²) in [4.78, 5) is 5.92. The molecule has 1 aliphatic rings. The van der Waals surface area contributed by atoms with E-state index in [1.165, 1.54) is 0 Å². The molecule has 90 valence electrons. The maximum atomic E-state index is 12.4. The molecule has 2 N–H and O–H groups in total. The fourth-order valence-corrected chi connectivity index (χ4v) is 1.99. The zero-order valence-corrected chi connectivity index (χ0v) is 8.99. The van der Waals surface area contributed by atoms with Crippen molar-refractivity contribution in [3.63, 3.8) is 0 Å². The van der Waals surface area contributed by atoms with Crippen LogP contribution in [0, 0.1) is 6.92 Å². The van der Waals surface area contributed by atoms with E-state index in [0.29, 0.717) is 17.8 Å². The van der Waals surface area contributed by atoms with Gasteiger partial charge in [-0.15, -0.1) is 0 Å². The van der Waals surface area contributed by atoms with Crippen molar-refractivity contribution in [2.45, 2.75) is 38.4 Å². The minimum Gasteiger partial charge on any atom is -0.338 e. The molecule has 2 rings (SSSR count). The fourth-order valence-electron chi connectivity index (χ4n) is 1.99. The predicted molar refractivity (Wildman–Crippen MR) is 53.1 cm³/mol. The Balaban J connectivity index is 2.12. The fraction of sp³-hybridized carbons (Fsp3) is 0.700. The Morgan fingerprint density at radius 2 is 2.19 bits per heavy atom. The van der Waals surface area contributed by atoms with E-state index in [0.717, 1.165) is 19.4 Å². The van der Waals surface area contributed by atoms with Crippen LogP contribution in [0.5, 0.6) is 0 Å². The van der Waals surface area contributed by atoms with E-state index in [1.807, 2.05) is 0 Å². The van der Waals surface area contributed by atoms with Gasteiger partial charge in [0, 0.05) is 18.2 Å². The molecule has 0 radical (unpaired) electrons. The minimum absolute atomic E-state index is 0.267. The molecule has 0 spiro atoms. The third kappa shape index (κ3) is 2.37. The molecule has 16 heavy (non-hydrogen) atoms. The summed E-state index contributed by atoms with van der Waals surface area (Å²) in [6, 6.07) is 0.267. The molecule has 0 aliphatic carbocycles. The van der Waals surface area contributed by atoms with E-state index in [4.69, 9.17) is 0 Å². The summed E-state index contributed by atoms with van der Waals surface area (Å²) >= 11 is 0. The number of nitrogens with one attached hydrogen (secondary N) is 2. The first kappa shape index (κ1) is 11.4. The average Bonchev–Trinajstić information content (AvgIpc) is 2.76. The number of rotatable bonds is 2. The maximum Gasteiger partial charge on any atom is 0.449 e. The number of hydrogen-bond donors (Lipinski definition) is 2. The highest BCUT2D eigenvalue weighted by Gasteiger charge is 2.35. The van der Waals surface area contributed by atoms with E-state index in [9.17, 15) is 13.2 Å². The molecule has 1 fully saturated rings. The monoisotopic (exact) mass is 233 g/mol. The number of aryl methyl sites for hydroxylation is 1. The van der Waals surface area contributed by atoms with Gasteiger partial charge in [0.2, 0.25) is 5.82 Å². The van der Waals surface area contributed by atoms with Crippen molar-refractivity contribution in [2.24, 2.45) is 0 Å². The number of H-pyrrole nitrogens is 1. The summed E-state index contributed by atoms with van der Waals surface area (Å²) in [5.74, 6) is -0.891. The van der Waals surface area contributed by atoms with Gasteiger partial charge >= 0.3 is 6.18 Å². The Hall–Kier alpha value is -1.04. The van der Waals surface area contributed by atoms with E-state index in [-0.39, 0.29) is 6.04 Å². The molecule has 1 aromatic heterocycles. The second-order valence-electron chi connectivity index (χ2n) is 4.15. The molecule has 1 atom stereocenters. The molecule has 0 amide bonds. The highest BCUT2D eigenvalue weighted by molar-refractivity contribution is 5.16. The van der Waals surface area contributed by atoms with Crippen molar-refractivity contribution in [3.8, 4) is 0 Å². The van der Waals surface area contributed by atoms with Gasteiger partial charge in [0.25, 0.3) is 0 Å². The first-order valence-electron chi connectivity index (χ1n) is 5.33. The van der Waals surface area contributed by atoms with Gasteiger partial charge in [0.1, 0.15) is 0 Å². The molecule has 1 aliphatic heterocycles. The van der Waals surface area contributed by atoms with Crippen LogP contribution in [0.2, 0.25) is 0 Å². The number of halogens is 3. The van der Waals surface area contributed by atoms with Crippen LogP contribution in [0.1, 0.15) is 30.1 Å². The largest absolute Gasteiger partial charge is 0.449 e. The van der Waals surface area contributed by atoms with Crippen LogP contribution in [-0.2, 0) is 12.6 Å². The third-order valence-electron chi connectivity index (χ3n) is 2.86.